The van der Waals surface area contributed by atoms with Crippen LogP contribution in [0.4, 0.5) is 5.00 Å². The number of rotatable bonds is 7. The minimum Gasteiger partial charge on any atom is -0.462 e. The molecule has 31 heavy (non-hydrogen) atoms. The van der Waals surface area contributed by atoms with Crippen molar-refractivity contribution in [3.63, 3.8) is 0 Å². The number of anilines is 1. The van der Waals surface area contributed by atoms with Gasteiger partial charge in [-0.1, -0.05) is 68.4 Å². The smallest absolute Gasteiger partial charge is 0.341 e. The molecule has 3 rings (SSSR count). The fraction of sp³-hybridized carbons (Fsp3) is 0.231. The largest absolute Gasteiger partial charge is 0.462 e. The number of carbonyl (C=O) groups is 2. The lowest BCUT2D eigenvalue weighted by Gasteiger charge is -2.08. The molecule has 0 fully saturated rings. The lowest BCUT2D eigenvalue weighted by molar-refractivity contribution is -0.111. The van der Waals surface area contributed by atoms with Crippen molar-refractivity contribution in [1.29, 1.82) is 0 Å². The second-order valence-corrected chi connectivity index (χ2v) is 8.69. The number of aryl methyl sites for hydroxylation is 1. The summed E-state index contributed by atoms with van der Waals surface area (Å²) >= 11 is 1.38. The van der Waals surface area contributed by atoms with Crippen LogP contribution in [0.2, 0.25) is 0 Å². The molecule has 0 bridgehead atoms. The van der Waals surface area contributed by atoms with Crippen molar-refractivity contribution in [3.8, 4) is 11.1 Å². The molecule has 1 N–H and O–H groups in total. The summed E-state index contributed by atoms with van der Waals surface area (Å²) in [6.45, 7) is 8.27. The van der Waals surface area contributed by atoms with E-state index in [0.29, 0.717) is 16.5 Å². The third kappa shape index (κ3) is 5.50. The van der Waals surface area contributed by atoms with Gasteiger partial charge in [0.1, 0.15) is 10.6 Å². The van der Waals surface area contributed by atoms with Crippen LogP contribution in [0.5, 0.6) is 0 Å². The van der Waals surface area contributed by atoms with Gasteiger partial charge in [0, 0.05) is 16.5 Å². The molecule has 0 saturated heterocycles. The maximum atomic E-state index is 12.7. The molecular weight excluding hydrogens is 406 g/mol. The first-order chi connectivity index (χ1) is 14.9. The van der Waals surface area contributed by atoms with Crippen LogP contribution in [0.1, 0.15) is 53.1 Å². The first-order valence-electron chi connectivity index (χ1n) is 10.4. The van der Waals surface area contributed by atoms with E-state index >= 15 is 0 Å². The van der Waals surface area contributed by atoms with Crippen LogP contribution in [-0.2, 0) is 9.53 Å². The molecule has 5 heteroatoms. The van der Waals surface area contributed by atoms with Gasteiger partial charge >= 0.3 is 5.97 Å². The summed E-state index contributed by atoms with van der Waals surface area (Å²) in [5.41, 5.74) is 4.31. The average Bonchev–Trinajstić information content (AvgIpc) is 3.08. The lowest BCUT2D eigenvalue weighted by atomic mass is 10.0. The number of esters is 1. The quantitative estimate of drug-likeness (QED) is 0.334. The van der Waals surface area contributed by atoms with Gasteiger partial charge in [0.25, 0.3) is 0 Å². The molecule has 0 saturated carbocycles. The maximum absolute atomic E-state index is 12.7. The van der Waals surface area contributed by atoms with Crippen LogP contribution in [0.3, 0.4) is 0 Å². The summed E-state index contributed by atoms with van der Waals surface area (Å²) < 4.78 is 5.28. The Morgan fingerprint density at radius 3 is 2.35 bits per heavy atom. The minimum absolute atomic E-state index is 0.265. The van der Waals surface area contributed by atoms with Crippen molar-refractivity contribution >= 4 is 34.3 Å². The number of thiophene rings is 1. The second kappa shape index (κ2) is 10.2. The van der Waals surface area contributed by atoms with Crippen molar-refractivity contribution in [2.24, 2.45) is 0 Å². The molecule has 0 aliphatic carbocycles. The Morgan fingerprint density at radius 2 is 1.74 bits per heavy atom. The highest BCUT2D eigenvalue weighted by molar-refractivity contribution is 7.17. The van der Waals surface area contributed by atoms with Gasteiger partial charge in [0.2, 0.25) is 5.91 Å². The molecule has 0 atom stereocenters. The Labute approximate surface area is 187 Å². The highest BCUT2D eigenvalue weighted by Gasteiger charge is 2.25. The van der Waals surface area contributed by atoms with Crippen molar-refractivity contribution in [2.45, 2.75) is 33.6 Å². The summed E-state index contributed by atoms with van der Waals surface area (Å²) in [5, 5.41) is 3.37. The van der Waals surface area contributed by atoms with Gasteiger partial charge in [-0.25, -0.2) is 4.79 Å². The van der Waals surface area contributed by atoms with Gasteiger partial charge in [-0.2, -0.15) is 0 Å². The van der Waals surface area contributed by atoms with Crippen LogP contribution in [0.15, 0.2) is 60.7 Å². The normalized spacial score (nSPS) is 11.1. The number of benzene rings is 2. The number of ether oxygens (including phenoxy) is 1. The van der Waals surface area contributed by atoms with E-state index in [2.05, 4.69) is 31.3 Å². The molecule has 4 nitrogen and oxygen atoms in total. The first kappa shape index (κ1) is 22.5. The van der Waals surface area contributed by atoms with Crippen molar-refractivity contribution in [2.75, 3.05) is 11.9 Å². The van der Waals surface area contributed by atoms with Crippen LogP contribution >= 0.6 is 11.3 Å². The lowest BCUT2D eigenvalue weighted by Crippen LogP contribution is -2.12. The van der Waals surface area contributed by atoms with Crippen LogP contribution in [0.25, 0.3) is 17.2 Å². The summed E-state index contributed by atoms with van der Waals surface area (Å²) in [6, 6.07) is 17.8. The maximum Gasteiger partial charge on any atom is 0.341 e. The highest BCUT2D eigenvalue weighted by atomic mass is 32.1. The van der Waals surface area contributed by atoms with E-state index in [-0.39, 0.29) is 12.5 Å². The van der Waals surface area contributed by atoms with Gasteiger partial charge in [-0.15, -0.1) is 11.3 Å². The van der Waals surface area contributed by atoms with E-state index < -0.39 is 5.97 Å². The Bertz CT molecular complexity index is 1080. The van der Waals surface area contributed by atoms with Gasteiger partial charge in [-0.3, -0.25) is 4.79 Å². The predicted octanol–water partition coefficient (Wildman–Crippen LogP) is 6.68. The Hall–Kier alpha value is -3.18. The van der Waals surface area contributed by atoms with Gasteiger partial charge in [0.05, 0.1) is 6.61 Å². The SMILES string of the molecule is CCOC(=O)c1c(NC(=O)C=Cc2ccc(C(C)C)cc2)sc(C)c1-c1ccccc1. The van der Waals surface area contributed by atoms with E-state index in [1.807, 2.05) is 49.4 Å². The van der Waals surface area contributed by atoms with Crippen molar-refractivity contribution < 1.29 is 14.3 Å². The van der Waals surface area contributed by atoms with Crippen molar-refractivity contribution in [1.82, 2.24) is 0 Å². The number of hydrogen-bond acceptors (Lipinski definition) is 4. The number of hydrogen-bond donors (Lipinski definition) is 1. The van der Waals surface area contributed by atoms with E-state index in [0.717, 1.165) is 21.6 Å². The summed E-state index contributed by atoms with van der Waals surface area (Å²) in [7, 11) is 0. The first-order valence-corrected chi connectivity index (χ1v) is 11.2. The molecule has 0 aliphatic rings. The standard InChI is InChI=1S/C26H27NO3S/c1-5-30-26(29)24-23(21-9-7-6-8-10-21)18(4)31-25(24)27-22(28)16-13-19-11-14-20(15-12-19)17(2)3/h6-17H,5H2,1-4H3,(H,27,28). The molecular formula is C26H27NO3S. The average molecular weight is 434 g/mol. The van der Waals surface area contributed by atoms with E-state index in [1.54, 1.807) is 13.0 Å². The van der Waals surface area contributed by atoms with Gasteiger partial charge in [-0.05, 0) is 42.5 Å². The summed E-state index contributed by atoms with van der Waals surface area (Å²) in [5.74, 6) is -0.267. The van der Waals surface area contributed by atoms with Gasteiger partial charge in [0.15, 0.2) is 0 Å². The molecule has 0 radical (unpaired) electrons. The van der Waals surface area contributed by atoms with E-state index in [9.17, 15) is 9.59 Å². The number of carbonyl (C=O) groups excluding carboxylic acids is 2. The molecule has 3 aromatic rings. The zero-order valence-corrected chi connectivity index (χ0v) is 19.1. The molecule has 1 heterocycles. The zero-order chi connectivity index (χ0) is 22.4. The van der Waals surface area contributed by atoms with Crippen LogP contribution in [0, 0.1) is 6.92 Å². The van der Waals surface area contributed by atoms with E-state index in [1.165, 1.54) is 23.0 Å². The van der Waals surface area contributed by atoms with E-state index in [4.69, 9.17) is 4.74 Å². The summed E-state index contributed by atoms with van der Waals surface area (Å²) in [6.07, 6.45) is 3.25. The van der Waals surface area contributed by atoms with Crippen LogP contribution < -0.4 is 5.32 Å². The van der Waals surface area contributed by atoms with Crippen molar-refractivity contribution in [3.05, 3.63) is 82.2 Å². The fourth-order valence-electron chi connectivity index (χ4n) is 3.30. The number of amides is 1. The molecule has 0 aliphatic heterocycles. The molecule has 2 aromatic carbocycles. The Morgan fingerprint density at radius 1 is 1.06 bits per heavy atom. The zero-order valence-electron chi connectivity index (χ0n) is 18.3. The number of nitrogens with one attached hydrogen (secondary N) is 1. The van der Waals surface area contributed by atoms with Crippen LogP contribution in [-0.4, -0.2) is 18.5 Å². The summed E-state index contributed by atoms with van der Waals surface area (Å²) in [4.78, 5) is 26.3. The third-order valence-corrected chi connectivity index (χ3v) is 5.91. The second-order valence-electron chi connectivity index (χ2n) is 7.47. The van der Waals surface area contributed by atoms with Gasteiger partial charge < -0.3 is 10.1 Å². The molecule has 0 unspecified atom stereocenters. The highest BCUT2D eigenvalue weighted by Crippen LogP contribution is 2.40. The monoisotopic (exact) mass is 433 g/mol. The predicted molar refractivity (Wildman–Crippen MR) is 129 cm³/mol. The molecule has 0 spiro atoms. The fourth-order valence-corrected chi connectivity index (χ4v) is 4.37. The molecule has 160 valence electrons. The Kier molecular flexibility index (Phi) is 7.42. The Balaban J connectivity index is 1.86. The minimum atomic E-state index is -0.436. The topological polar surface area (TPSA) is 55.4 Å². The molecule has 1 aromatic heterocycles. The molecule has 1 amide bonds. The third-order valence-electron chi connectivity index (χ3n) is 4.89.